The number of rotatable bonds is 5. The second-order valence-electron chi connectivity index (χ2n) is 5.48. The highest BCUT2D eigenvalue weighted by Crippen LogP contribution is 2.20. The van der Waals surface area contributed by atoms with Gasteiger partial charge in [0.05, 0.1) is 18.1 Å². The molecule has 0 spiro atoms. The molecule has 1 saturated heterocycles. The van der Waals surface area contributed by atoms with E-state index in [-0.39, 0.29) is 0 Å². The van der Waals surface area contributed by atoms with Crippen molar-refractivity contribution in [3.63, 3.8) is 0 Å². The van der Waals surface area contributed by atoms with Crippen LogP contribution in [0.15, 0.2) is 12.4 Å². The van der Waals surface area contributed by atoms with E-state index < -0.39 is 0 Å². The summed E-state index contributed by atoms with van der Waals surface area (Å²) in [6.45, 7) is 2.54. The predicted molar refractivity (Wildman–Crippen MR) is 74.1 cm³/mol. The molecular weight excluding hydrogens is 240 g/mol. The van der Waals surface area contributed by atoms with Gasteiger partial charge in [0.25, 0.3) is 0 Å². The fourth-order valence-corrected chi connectivity index (χ4v) is 2.42. The van der Waals surface area contributed by atoms with Crippen molar-refractivity contribution in [2.24, 2.45) is 0 Å². The van der Waals surface area contributed by atoms with Crippen LogP contribution in [0, 0.1) is 0 Å². The molecule has 2 fully saturated rings. The molecule has 0 radical (unpaired) electrons. The molecule has 0 aromatic carbocycles. The minimum Gasteiger partial charge on any atom is -0.381 e. The molecule has 2 heterocycles. The Morgan fingerprint density at radius 1 is 1.21 bits per heavy atom. The van der Waals surface area contributed by atoms with E-state index in [0.717, 1.165) is 44.1 Å². The molecule has 1 aliphatic carbocycles. The Morgan fingerprint density at radius 3 is 2.63 bits per heavy atom. The van der Waals surface area contributed by atoms with Crippen molar-refractivity contribution < 1.29 is 4.74 Å². The lowest BCUT2D eigenvalue weighted by Gasteiger charge is -2.31. The lowest BCUT2D eigenvalue weighted by atomic mass is 10.1. The van der Waals surface area contributed by atoms with E-state index >= 15 is 0 Å². The molecule has 5 heteroatoms. The third-order valence-corrected chi connectivity index (χ3v) is 3.94. The fraction of sp³-hybridized carbons (Fsp3) is 0.714. The van der Waals surface area contributed by atoms with Crippen molar-refractivity contribution in [3.8, 4) is 0 Å². The second kappa shape index (κ2) is 5.84. The molecule has 104 valence electrons. The quantitative estimate of drug-likeness (QED) is 0.868. The maximum Gasteiger partial charge on any atom is 0.147 e. The molecule has 1 aliphatic heterocycles. The van der Waals surface area contributed by atoms with Gasteiger partial charge in [0.1, 0.15) is 5.82 Å². The van der Waals surface area contributed by atoms with E-state index in [4.69, 9.17) is 4.74 Å². The molecule has 2 aliphatic rings. The zero-order chi connectivity index (χ0) is 13.1. The third kappa shape index (κ3) is 3.42. The van der Waals surface area contributed by atoms with Crippen LogP contribution in [0.2, 0.25) is 0 Å². The summed E-state index contributed by atoms with van der Waals surface area (Å²) < 4.78 is 5.39. The molecule has 1 saturated carbocycles. The Hall–Kier alpha value is -1.20. The maximum atomic E-state index is 5.39. The average molecular weight is 262 g/mol. The highest BCUT2D eigenvalue weighted by atomic mass is 16.5. The molecule has 1 N–H and O–H groups in total. The highest BCUT2D eigenvalue weighted by molar-refractivity contribution is 5.36. The molecular formula is C14H22N4O. The van der Waals surface area contributed by atoms with Gasteiger partial charge in [0.15, 0.2) is 0 Å². The number of nitrogens with one attached hydrogen (secondary N) is 1. The van der Waals surface area contributed by atoms with E-state index in [9.17, 15) is 0 Å². The van der Waals surface area contributed by atoms with Gasteiger partial charge in [-0.05, 0) is 25.7 Å². The first kappa shape index (κ1) is 12.8. The van der Waals surface area contributed by atoms with Crippen LogP contribution in [0.4, 0.5) is 5.82 Å². The first-order chi connectivity index (χ1) is 9.33. The van der Waals surface area contributed by atoms with Crippen LogP contribution < -0.4 is 10.2 Å². The van der Waals surface area contributed by atoms with E-state index in [2.05, 4.69) is 27.2 Å². The van der Waals surface area contributed by atoms with Crippen LogP contribution in [0.3, 0.4) is 0 Å². The lowest BCUT2D eigenvalue weighted by molar-refractivity contribution is 0.0853. The Kier molecular flexibility index (Phi) is 3.94. The van der Waals surface area contributed by atoms with Crippen LogP contribution in [-0.2, 0) is 11.3 Å². The summed E-state index contributed by atoms with van der Waals surface area (Å²) in [5, 5.41) is 3.45. The van der Waals surface area contributed by atoms with Gasteiger partial charge >= 0.3 is 0 Å². The van der Waals surface area contributed by atoms with E-state index in [1.807, 2.05) is 12.4 Å². The molecule has 5 nitrogen and oxygen atoms in total. The minimum atomic E-state index is 0.526. The van der Waals surface area contributed by atoms with Crippen molar-refractivity contribution in [2.75, 3.05) is 25.2 Å². The van der Waals surface area contributed by atoms with Crippen molar-refractivity contribution in [2.45, 2.75) is 44.3 Å². The standard InChI is InChI=1S/C14H22N4O/c1-18(13-4-6-19-7-5-13)14-10-16-12(9-17-14)8-15-11-2-3-11/h9-11,13,15H,2-8H2,1H3. The number of aromatic nitrogens is 2. The first-order valence-electron chi connectivity index (χ1n) is 7.18. The molecule has 1 aromatic heterocycles. The van der Waals surface area contributed by atoms with Crippen molar-refractivity contribution in [1.29, 1.82) is 0 Å². The topological polar surface area (TPSA) is 50.3 Å². The monoisotopic (exact) mass is 262 g/mol. The molecule has 3 rings (SSSR count). The Balaban J connectivity index is 1.57. The normalized spacial score (nSPS) is 20.5. The minimum absolute atomic E-state index is 0.526. The second-order valence-corrected chi connectivity index (χ2v) is 5.48. The molecule has 0 bridgehead atoms. The Labute approximate surface area is 114 Å². The summed E-state index contributed by atoms with van der Waals surface area (Å²) in [5.74, 6) is 0.960. The number of anilines is 1. The smallest absolute Gasteiger partial charge is 0.147 e. The summed E-state index contributed by atoms with van der Waals surface area (Å²) in [6.07, 6.45) is 8.53. The number of ether oxygens (including phenoxy) is 1. The van der Waals surface area contributed by atoms with E-state index in [1.54, 1.807) is 0 Å². The van der Waals surface area contributed by atoms with Crippen LogP contribution >= 0.6 is 0 Å². The summed E-state index contributed by atoms with van der Waals surface area (Å²) in [6, 6.07) is 1.24. The molecule has 0 unspecified atom stereocenters. The predicted octanol–water partition coefficient (Wildman–Crippen LogP) is 1.34. The maximum absolute atomic E-state index is 5.39. The van der Waals surface area contributed by atoms with Crippen molar-refractivity contribution >= 4 is 5.82 Å². The SMILES string of the molecule is CN(c1cnc(CNC2CC2)cn1)C1CCOCC1. The number of nitrogens with zero attached hydrogens (tertiary/aromatic N) is 3. The van der Waals surface area contributed by atoms with Gasteiger partial charge in [-0.25, -0.2) is 4.98 Å². The lowest BCUT2D eigenvalue weighted by Crippen LogP contribution is -2.37. The van der Waals surface area contributed by atoms with Gasteiger partial charge in [0, 0.05) is 38.9 Å². The first-order valence-corrected chi connectivity index (χ1v) is 7.18. The Bertz CT molecular complexity index is 398. The molecule has 1 aromatic rings. The van der Waals surface area contributed by atoms with Crippen LogP contribution in [0.25, 0.3) is 0 Å². The van der Waals surface area contributed by atoms with Gasteiger partial charge < -0.3 is 15.0 Å². The van der Waals surface area contributed by atoms with Crippen LogP contribution in [-0.4, -0.2) is 42.3 Å². The van der Waals surface area contributed by atoms with Gasteiger partial charge in [-0.1, -0.05) is 0 Å². The van der Waals surface area contributed by atoms with Gasteiger partial charge in [0.2, 0.25) is 0 Å². The third-order valence-electron chi connectivity index (χ3n) is 3.94. The fourth-order valence-electron chi connectivity index (χ4n) is 2.42. The zero-order valence-electron chi connectivity index (χ0n) is 11.5. The number of hydrogen-bond donors (Lipinski definition) is 1. The van der Waals surface area contributed by atoms with Crippen molar-refractivity contribution in [1.82, 2.24) is 15.3 Å². The van der Waals surface area contributed by atoms with E-state index in [0.29, 0.717) is 12.1 Å². The largest absolute Gasteiger partial charge is 0.381 e. The Morgan fingerprint density at radius 2 is 2.00 bits per heavy atom. The van der Waals surface area contributed by atoms with Crippen LogP contribution in [0.5, 0.6) is 0 Å². The summed E-state index contributed by atoms with van der Waals surface area (Å²) in [4.78, 5) is 11.3. The highest BCUT2D eigenvalue weighted by Gasteiger charge is 2.21. The van der Waals surface area contributed by atoms with Crippen molar-refractivity contribution in [3.05, 3.63) is 18.1 Å². The van der Waals surface area contributed by atoms with Gasteiger partial charge in [-0.2, -0.15) is 0 Å². The van der Waals surface area contributed by atoms with Gasteiger partial charge in [-0.15, -0.1) is 0 Å². The number of hydrogen-bond acceptors (Lipinski definition) is 5. The summed E-state index contributed by atoms with van der Waals surface area (Å²) in [7, 11) is 2.10. The van der Waals surface area contributed by atoms with Crippen LogP contribution in [0.1, 0.15) is 31.4 Å². The zero-order valence-corrected chi connectivity index (χ0v) is 11.5. The summed E-state index contributed by atoms with van der Waals surface area (Å²) in [5.41, 5.74) is 1.02. The molecule has 0 atom stereocenters. The van der Waals surface area contributed by atoms with Gasteiger partial charge in [-0.3, -0.25) is 4.98 Å². The molecule has 19 heavy (non-hydrogen) atoms. The summed E-state index contributed by atoms with van der Waals surface area (Å²) >= 11 is 0. The average Bonchev–Trinajstić information content (AvgIpc) is 3.30. The van der Waals surface area contributed by atoms with E-state index in [1.165, 1.54) is 12.8 Å². The molecule has 0 amide bonds.